The minimum Gasteiger partial charge on any atom is -0.351 e. The summed E-state index contributed by atoms with van der Waals surface area (Å²) in [6, 6.07) is 3.72. The summed E-state index contributed by atoms with van der Waals surface area (Å²) in [6.07, 6.45) is 3.39. The van der Waals surface area contributed by atoms with Crippen molar-refractivity contribution in [2.24, 2.45) is 15.9 Å². The van der Waals surface area contributed by atoms with Gasteiger partial charge in [0.05, 0.1) is 16.5 Å². The van der Waals surface area contributed by atoms with Crippen LogP contribution in [-0.4, -0.2) is 39.2 Å². The van der Waals surface area contributed by atoms with Gasteiger partial charge >= 0.3 is 0 Å². The zero-order chi connectivity index (χ0) is 17.8. The highest BCUT2D eigenvalue weighted by atomic mass is 32.2. The maximum Gasteiger partial charge on any atom is 0.261 e. The molecule has 0 saturated carbocycles. The Morgan fingerprint density at radius 2 is 2.04 bits per heavy atom. The maximum absolute atomic E-state index is 12.2. The number of fused-ring (bicyclic) bond motifs is 1. The van der Waals surface area contributed by atoms with E-state index in [-0.39, 0.29) is 17.7 Å². The Morgan fingerprint density at radius 3 is 2.80 bits per heavy atom. The van der Waals surface area contributed by atoms with Crippen molar-refractivity contribution in [2.75, 3.05) is 11.5 Å². The van der Waals surface area contributed by atoms with E-state index in [1.807, 2.05) is 26.0 Å². The van der Waals surface area contributed by atoms with Gasteiger partial charge < -0.3 is 5.32 Å². The molecule has 3 rings (SSSR count). The van der Waals surface area contributed by atoms with Crippen LogP contribution in [0.15, 0.2) is 45.0 Å². The number of pyridine rings is 1. The Bertz CT molecular complexity index is 787. The second-order valence-electron chi connectivity index (χ2n) is 5.72. The first-order chi connectivity index (χ1) is 12.0. The van der Waals surface area contributed by atoms with Gasteiger partial charge in [-0.25, -0.2) is 4.99 Å². The zero-order valence-corrected chi connectivity index (χ0v) is 15.6. The molecule has 2 amide bonds. The van der Waals surface area contributed by atoms with Crippen molar-refractivity contribution in [1.82, 2.24) is 10.3 Å². The average Bonchev–Trinajstić information content (AvgIpc) is 2.88. The number of aliphatic imine (C=N–C) groups is 2. The zero-order valence-electron chi connectivity index (χ0n) is 14.0. The van der Waals surface area contributed by atoms with Crippen LogP contribution < -0.4 is 5.32 Å². The Kier molecular flexibility index (Phi) is 5.70. The Labute approximate surface area is 154 Å². The highest BCUT2D eigenvalue weighted by Crippen LogP contribution is 2.40. The molecular weight excluding hydrogens is 356 g/mol. The summed E-state index contributed by atoms with van der Waals surface area (Å²) < 4.78 is 0. The topological polar surface area (TPSA) is 83.8 Å². The molecule has 0 fully saturated rings. The van der Waals surface area contributed by atoms with Crippen LogP contribution in [0.2, 0.25) is 0 Å². The number of amidine groups is 1. The Balaban J connectivity index is 1.45. The molecule has 25 heavy (non-hydrogen) atoms. The lowest BCUT2D eigenvalue weighted by Gasteiger charge is -2.14. The summed E-state index contributed by atoms with van der Waals surface area (Å²) in [5, 5.41) is 3.67. The van der Waals surface area contributed by atoms with Crippen molar-refractivity contribution in [3.8, 4) is 0 Å². The van der Waals surface area contributed by atoms with Crippen LogP contribution in [-0.2, 0) is 16.1 Å². The molecule has 6 nitrogen and oxygen atoms in total. The number of carbonyl (C=O) groups is 2. The molecule has 0 bridgehead atoms. The van der Waals surface area contributed by atoms with Crippen LogP contribution in [0, 0.1) is 5.92 Å². The number of nitrogens with zero attached hydrogens (tertiary/aromatic N) is 3. The largest absolute Gasteiger partial charge is 0.351 e. The average molecular weight is 374 g/mol. The highest BCUT2D eigenvalue weighted by molar-refractivity contribution is 8.17. The minimum atomic E-state index is -0.289. The molecule has 2 aliphatic heterocycles. The van der Waals surface area contributed by atoms with Crippen LogP contribution >= 0.6 is 23.5 Å². The van der Waals surface area contributed by atoms with Crippen LogP contribution in [0.4, 0.5) is 0 Å². The fourth-order valence-electron chi connectivity index (χ4n) is 2.46. The number of carbonyl (C=O) groups excluding carboxylic acids is 2. The van der Waals surface area contributed by atoms with E-state index >= 15 is 0 Å². The lowest BCUT2D eigenvalue weighted by atomic mass is 10.0. The van der Waals surface area contributed by atoms with Crippen molar-refractivity contribution < 1.29 is 9.59 Å². The van der Waals surface area contributed by atoms with Gasteiger partial charge in [0.15, 0.2) is 0 Å². The van der Waals surface area contributed by atoms with Crippen LogP contribution in [0.25, 0.3) is 0 Å². The van der Waals surface area contributed by atoms with Gasteiger partial charge in [0.2, 0.25) is 5.91 Å². The van der Waals surface area contributed by atoms with E-state index in [9.17, 15) is 9.59 Å². The smallest absolute Gasteiger partial charge is 0.261 e. The number of amides is 2. The van der Waals surface area contributed by atoms with Crippen LogP contribution in [0.3, 0.4) is 0 Å². The van der Waals surface area contributed by atoms with E-state index in [4.69, 9.17) is 0 Å². The SMILES string of the molecule is CC1=C(C)C2C(=O)N=C(CSCC(=O)NCc3ccncc3)N=C2S1. The predicted octanol–water partition coefficient (Wildman–Crippen LogP) is 2.43. The second kappa shape index (κ2) is 7.97. The van der Waals surface area contributed by atoms with Gasteiger partial charge in [-0.1, -0.05) is 11.8 Å². The molecule has 130 valence electrons. The monoisotopic (exact) mass is 374 g/mol. The van der Waals surface area contributed by atoms with Crippen molar-refractivity contribution in [3.05, 3.63) is 40.6 Å². The second-order valence-corrected chi connectivity index (χ2v) is 7.94. The van der Waals surface area contributed by atoms with Gasteiger partial charge in [0.1, 0.15) is 11.8 Å². The summed E-state index contributed by atoms with van der Waals surface area (Å²) in [4.78, 5) is 37.7. The third-order valence-electron chi connectivity index (χ3n) is 3.92. The molecule has 1 unspecified atom stereocenters. The number of rotatable bonds is 6. The van der Waals surface area contributed by atoms with Gasteiger partial charge in [-0.3, -0.25) is 14.6 Å². The number of thioether (sulfide) groups is 2. The highest BCUT2D eigenvalue weighted by Gasteiger charge is 2.36. The lowest BCUT2D eigenvalue weighted by molar-refractivity contribution is -0.119. The molecule has 1 N–H and O–H groups in total. The first-order valence-corrected chi connectivity index (χ1v) is 9.80. The first-order valence-electron chi connectivity index (χ1n) is 7.83. The lowest BCUT2D eigenvalue weighted by Crippen LogP contribution is -2.27. The van der Waals surface area contributed by atoms with E-state index in [1.54, 1.807) is 24.2 Å². The summed E-state index contributed by atoms with van der Waals surface area (Å²) in [5.74, 6) is 0.753. The van der Waals surface area contributed by atoms with Gasteiger partial charge in [0.25, 0.3) is 5.91 Å². The van der Waals surface area contributed by atoms with Gasteiger partial charge in [-0.05, 0) is 42.0 Å². The van der Waals surface area contributed by atoms with Gasteiger partial charge in [-0.2, -0.15) is 4.99 Å². The molecular formula is C17H18N4O2S2. The summed E-state index contributed by atoms with van der Waals surface area (Å²) in [5.41, 5.74) is 2.05. The summed E-state index contributed by atoms with van der Waals surface area (Å²) >= 11 is 2.95. The predicted molar refractivity (Wildman–Crippen MR) is 103 cm³/mol. The third kappa shape index (κ3) is 4.38. The van der Waals surface area contributed by atoms with Crippen molar-refractivity contribution in [2.45, 2.75) is 20.4 Å². The van der Waals surface area contributed by atoms with E-state index < -0.39 is 0 Å². The van der Waals surface area contributed by atoms with E-state index in [2.05, 4.69) is 20.3 Å². The molecule has 0 aliphatic carbocycles. The molecule has 8 heteroatoms. The van der Waals surface area contributed by atoms with Crippen LogP contribution in [0.1, 0.15) is 19.4 Å². The van der Waals surface area contributed by atoms with Crippen molar-refractivity contribution in [3.63, 3.8) is 0 Å². The summed E-state index contributed by atoms with van der Waals surface area (Å²) in [7, 11) is 0. The van der Waals surface area contributed by atoms with Crippen molar-refractivity contribution in [1.29, 1.82) is 0 Å². The Hall–Kier alpha value is -1.93. The molecule has 0 radical (unpaired) electrons. The van der Waals surface area contributed by atoms with E-state index in [1.165, 1.54) is 11.8 Å². The quantitative estimate of drug-likeness (QED) is 0.827. The molecule has 0 spiro atoms. The number of aromatic nitrogens is 1. The fraction of sp³-hybridized carbons (Fsp3) is 0.353. The van der Waals surface area contributed by atoms with E-state index in [0.29, 0.717) is 23.9 Å². The standard InChI is InChI=1S/C17H18N4O2S2/c1-10-11(2)25-17-15(10)16(23)20-13(21-17)8-24-9-14(22)19-7-12-3-5-18-6-4-12/h3-6,15H,7-9H2,1-2H3,(H,19,22). The first kappa shape index (κ1) is 17.9. The number of hydrogen-bond donors (Lipinski definition) is 1. The maximum atomic E-state index is 12.2. The molecule has 3 heterocycles. The Morgan fingerprint density at radius 1 is 1.28 bits per heavy atom. The normalized spacial score (nSPS) is 19.4. The minimum absolute atomic E-state index is 0.0568. The molecule has 1 aromatic heterocycles. The van der Waals surface area contributed by atoms with Gasteiger partial charge in [-0.15, -0.1) is 11.8 Å². The fourth-order valence-corrected chi connectivity index (χ4v) is 4.30. The number of allylic oxidation sites excluding steroid dienone is 1. The third-order valence-corrected chi connectivity index (χ3v) is 6.01. The molecule has 2 aliphatic rings. The van der Waals surface area contributed by atoms with Crippen molar-refractivity contribution >= 4 is 46.2 Å². The summed E-state index contributed by atoms with van der Waals surface area (Å²) in [6.45, 7) is 4.43. The van der Waals surface area contributed by atoms with Gasteiger partial charge in [0, 0.05) is 18.9 Å². The molecule has 0 aromatic carbocycles. The molecule has 1 atom stereocenters. The number of nitrogens with one attached hydrogen (secondary N) is 1. The number of hydrogen-bond acceptors (Lipinski definition) is 6. The molecule has 0 saturated heterocycles. The molecule has 1 aromatic rings. The van der Waals surface area contributed by atoms with Crippen LogP contribution in [0.5, 0.6) is 0 Å². The van der Waals surface area contributed by atoms with E-state index in [0.717, 1.165) is 21.1 Å².